The summed E-state index contributed by atoms with van der Waals surface area (Å²) in [6, 6.07) is 7.73. The van der Waals surface area contributed by atoms with E-state index in [1.165, 1.54) is 31.7 Å². The summed E-state index contributed by atoms with van der Waals surface area (Å²) in [6.07, 6.45) is 1.59. The topological polar surface area (TPSA) is 149 Å². The van der Waals surface area contributed by atoms with Crippen molar-refractivity contribution in [3.05, 3.63) is 53.4 Å². The summed E-state index contributed by atoms with van der Waals surface area (Å²) < 4.78 is 15.5. The number of nitrogens with one attached hydrogen (secondary N) is 2. The van der Waals surface area contributed by atoms with Crippen LogP contribution in [0.25, 0.3) is 22.1 Å². The molecule has 0 radical (unpaired) electrons. The van der Waals surface area contributed by atoms with Crippen LogP contribution in [-0.4, -0.2) is 44.5 Å². The number of nitrogens with zero attached hydrogens (tertiary/aromatic N) is 3. The van der Waals surface area contributed by atoms with Gasteiger partial charge in [0.25, 0.3) is 5.91 Å². The SMILES string of the molecule is CC(OC(=O)COc1ccc2ccc(=O)oc2c1)C(=O)Nc1ncnc2nc[nH]c12. The highest BCUT2D eigenvalue weighted by molar-refractivity contribution is 5.99. The molecule has 2 N–H and O–H groups in total. The van der Waals surface area contributed by atoms with E-state index in [1.54, 1.807) is 18.2 Å². The zero-order valence-corrected chi connectivity index (χ0v) is 15.6. The highest BCUT2D eigenvalue weighted by Gasteiger charge is 2.20. The van der Waals surface area contributed by atoms with E-state index in [0.29, 0.717) is 27.9 Å². The summed E-state index contributed by atoms with van der Waals surface area (Å²) in [6.45, 7) is 0.988. The number of aromatic amines is 1. The molecule has 0 spiro atoms. The van der Waals surface area contributed by atoms with E-state index in [-0.39, 0.29) is 5.82 Å². The summed E-state index contributed by atoms with van der Waals surface area (Å²) in [5.41, 5.74) is 0.686. The van der Waals surface area contributed by atoms with Gasteiger partial charge in [0.05, 0.1) is 6.33 Å². The van der Waals surface area contributed by atoms with Gasteiger partial charge in [0.1, 0.15) is 23.2 Å². The van der Waals surface area contributed by atoms with Crippen molar-refractivity contribution in [2.75, 3.05) is 11.9 Å². The highest BCUT2D eigenvalue weighted by Crippen LogP contribution is 2.19. The molecular formula is C19H15N5O6. The second-order valence-corrected chi connectivity index (χ2v) is 6.19. The molecule has 0 bridgehead atoms. The van der Waals surface area contributed by atoms with Crippen molar-refractivity contribution in [3.63, 3.8) is 0 Å². The molecule has 11 heteroatoms. The standard InChI is InChI=1S/C19H15N5O6/c1-10(19(27)24-18-16-17(21-8-20-16)22-9-23-18)29-15(26)7-28-12-4-2-11-3-5-14(25)30-13(11)6-12/h2-6,8-10H,7H2,1H3,(H2,20,21,22,23,24,27). The number of imidazole rings is 1. The summed E-state index contributed by atoms with van der Waals surface area (Å²) in [7, 11) is 0. The molecule has 3 aromatic heterocycles. The van der Waals surface area contributed by atoms with E-state index in [0.717, 1.165) is 0 Å². The summed E-state index contributed by atoms with van der Waals surface area (Å²) in [4.78, 5) is 50.4. The highest BCUT2D eigenvalue weighted by atomic mass is 16.6. The van der Waals surface area contributed by atoms with Gasteiger partial charge in [-0.25, -0.2) is 24.5 Å². The molecular weight excluding hydrogens is 394 g/mol. The molecule has 0 aliphatic carbocycles. The Balaban J connectivity index is 1.33. The first-order valence-electron chi connectivity index (χ1n) is 8.81. The van der Waals surface area contributed by atoms with E-state index in [4.69, 9.17) is 13.9 Å². The lowest BCUT2D eigenvalue weighted by atomic mass is 10.2. The van der Waals surface area contributed by atoms with Crippen LogP contribution in [0, 0.1) is 0 Å². The Morgan fingerprint density at radius 1 is 1.20 bits per heavy atom. The minimum Gasteiger partial charge on any atom is -0.482 e. The average Bonchev–Trinajstić information content (AvgIpc) is 3.21. The van der Waals surface area contributed by atoms with Crippen LogP contribution in [0.1, 0.15) is 6.92 Å². The van der Waals surface area contributed by atoms with Crippen molar-refractivity contribution in [3.8, 4) is 5.75 Å². The van der Waals surface area contributed by atoms with E-state index < -0.39 is 30.2 Å². The number of rotatable bonds is 6. The first-order valence-corrected chi connectivity index (χ1v) is 8.81. The summed E-state index contributed by atoms with van der Waals surface area (Å²) >= 11 is 0. The van der Waals surface area contributed by atoms with Gasteiger partial charge in [0.2, 0.25) is 0 Å². The molecule has 1 aromatic carbocycles. The Kier molecular flexibility index (Phi) is 5.08. The fourth-order valence-electron chi connectivity index (χ4n) is 2.64. The maximum atomic E-state index is 12.3. The molecule has 30 heavy (non-hydrogen) atoms. The van der Waals surface area contributed by atoms with Crippen LogP contribution < -0.4 is 15.7 Å². The van der Waals surface area contributed by atoms with E-state index in [2.05, 4.69) is 25.3 Å². The predicted molar refractivity (Wildman–Crippen MR) is 104 cm³/mol. The zero-order chi connectivity index (χ0) is 21.1. The largest absolute Gasteiger partial charge is 0.482 e. The summed E-state index contributed by atoms with van der Waals surface area (Å²) in [5, 5.41) is 3.27. The zero-order valence-electron chi connectivity index (χ0n) is 15.6. The third-order valence-electron chi connectivity index (χ3n) is 4.09. The van der Waals surface area contributed by atoms with Crippen molar-refractivity contribution in [1.29, 1.82) is 0 Å². The van der Waals surface area contributed by atoms with Gasteiger partial charge in [-0.2, -0.15) is 0 Å². The van der Waals surface area contributed by atoms with E-state index >= 15 is 0 Å². The fraction of sp³-hybridized carbons (Fsp3) is 0.158. The van der Waals surface area contributed by atoms with Gasteiger partial charge >= 0.3 is 11.6 Å². The molecule has 152 valence electrons. The minimum atomic E-state index is -1.09. The van der Waals surface area contributed by atoms with Gasteiger partial charge in [-0.15, -0.1) is 0 Å². The Hall–Kier alpha value is -4.28. The lowest BCUT2D eigenvalue weighted by Gasteiger charge is -2.13. The predicted octanol–water partition coefficient (Wildman–Crippen LogP) is 1.41. The third kappa shape index (κ3) is 4.09. The van der Waals surface area contributed by atoms with Gasteiger partial charge in [0.15, 0.2) is 24.2 Å². The average molecular weight is 409 g/mol. The van der Waals surface area contributed by atoms with Crippen molar-refractivity contribution >= 4 is 39.8 Å². The second kappa shape index (κ2) is 7.99. The number of carbonyl (C=O) groups is 2. The molecule has 1 unspecified atom stereocenters. The van der Waals surface area contributed by atoms with Crippen molar-refractivity contribution < 1.29 is 23.5 Å². The Labute approximate surface area is 168 Å². The molecule has 4 rings (SSSR count). The van der Waals surface area contributed by atoms with E-state index in [1.807, 2.05) is 0 Å². The van der Waals surface area contributed by atoms with Crippen molar-refractivity contribution in [2.45, 2.75) is 13.0 Å². The van der Waals surface area contributed by atoms with Crippen LogP contribution in [0.3, 0.4) is 0 Å². The fourth-order valence-corrected chi connectivity index (χ4v) is 2.64. The van der Waals surface area contributed by atoms with Crippen molar-refractivity contribution in [1.82, 2.24) is 19.9 Å². The lowest BCUT2D eigenvalue weighted by Crippen LogP contribution is -2.32. The van der Waals surface area contributed by atoms with Crippen molar-refractivity contribution in [2.24, 2.45) is 0 Å². The van der Waals surface area contributed by atoms with Crippen LogP contribution in [0.15, 0.2) is 52.2 Å². The number of carbonyl (C=O) groups excluding carboxylic acids is 2. The first-order chi connectivity index (χ1) is 14.5. The maximum absolute atomic E-state index is 12.3. The smallest absolute Gasteiger partial charge is 0.344 e. The molecule has 0 fully saturated rings. The molecule has 1 amide bonds. The molecule has 3 heterocycles. The van der Waals surface area contributed by atoms with Crippen LogP contribution in [0.2, 0.25) is 0 Å². The maximum Gasteiger partial charge on any atom is 0.344 e. The number of amides is 1. The normalized spacial score (nSPS) is 11.9. The van der Waals surface area contributed by atoms with Gasteiger partial charge < -0.3 is 24.2 Å². The minimum absolute atomic E-state index is 0.222. The van der Waals surface area contributed by atoms with Gasteiger partial charge in [-0.3, -0.25) is 4.79 Å². The molecule has 0 saturated heterocycles. The van der Waals surface area contributed by atoms with E-state index in [9.17, 15) is 14.4 Å². The van der Waals surface area contributed by atoms with Crippen LogP contribution in [0.5, 0.6) is 5.75 Å². The van der Waals surface area contributed by atoms with Crippen LogP contribution >= 0.6 is 0 Å². The molecule has 0 aliphatic heterocycles. The van der Waals surface area contributed by atoms with Gasteiger partial charge in [-0.1, -0.05) is 0 Å². The number of H-pyrrole nitrogens is 1. The Morgan fingerprint density at radius 2 is 2.03 bits per heavy atom. The number of esters is 1. The molecule has 0 aliphatic rings. The van der Waals surface area contributed by atoms with Crippen LogP contribution in [-0.2, 0) is 14.3 Å². The number of aromatic nitrogens is 4. The number of hydrogen-bond donors (Lipinski definition) is 2. The Bertz CT molecular complexity index is 1300. The number of benzene rings is 1. The van der Waals surface area contributed by atoms with Crippen LogP contribution in [0.4, 0.5) is 5.82 Å². The summed E-state index contributed by atoms with van der Waals surface area (Å²) in [5.74, 6) is -0.792. The quantitative estimate of drug-likeness (QED) is 0.356. The monoisotopic (exact) mass is 409 g/mol. The number of hydrogen-bond acceptors (Lipinski definition) is 9. The second-order valence-electron chi connectivity index (χ2n) is 6.19. The lowest BCUT2D eigenvalue weighted by molar-refractivity contribution is -0.155. The molecule has 1 atom stereocenters. The Morgan fingerprint density at radius 3 is 2.90 bits per heavy atom. The molecule has 4 aromatic rings. The number of fused-ring (bicyclic) bond motifs is 2. The van der Waals surface area contributed by atoms with Gasteiger partial charge in [0, 0.05) is 17.5 Å². The molecule has 11 nitrogen and oxygen atoms in total. The third-order valence-corrected chi connectivity index (χ3v) is 4.09. The number of ether oxygens (including phenoxy) is 2. The first kappa shape index (κ1) is 19.1. The molecule has 0 saturated carbocycles. The van der Waals surface area contributed by atoms with Gasteiger partial charge in [-0.05, 0) is 25.1 Å². The number of anilines is 1.